The Kier molecular flexibility index (Phi) is 5.76. The predicted molar refractivity (Wildman–Crippen MR) is 77.9 cm³/mol. The van der Waals surface area contributed by atoms with Crippen molar-refractivity contribution in [3.8, 4) is 11.5 Å². The van der Waals surface area contributed by atoms with Crippen molar-refractivity contribution >= 4 is 0 Å². The van der Waals surface area contributed by atoms with Crippen molar-refractivity contribution in [2.75, 3.05) is 26.8 Å². The van der Waals surface area contributed by atoms with Crippen molar-refractivity contribution < 1.29 is 9.47 Å². The van der Waals surface area contributed by atoms with Crippen LogP contribution in [-0.2, 0) is 0 Å². The van der Waals surface area contributed by atoms with E-state index in [0.29, 0.717) is 6.61 Å². The number of ether oxygens (including phenoxy) is 2. The standard InChI is InChI=1S/C16H23NO2/c1-18-15-8-4-5-9-16(15)19-13-12-17-11-10-14-6-2-3-7-14/h4-6,8-9,17H,2-3,7,10-13H2,1H3. The summed E-state index contributed by atoms with van der Waals surface area (Å²) in [5.74, 6) is 1.60. The normalized spacial score (nSPS) is 14.3. The lowest BCUT2D eigenvalue weighted by Crippen LogP contribution is -2.22. The summed E-state index contributed by atoms with van der Waals surface area (Å²) in [6, 6.07) is 7.74. The van der Waals surface area contributed by atoms with E-state index in [1.165, 1.54) is 25.7 Å². The molecule has 0 heterocycles. The number of nitrogens with one attached hydrogen (secondary N) is 1. The van der Waals surface area contributed by atoms with E-state index in [-0.39, 0.29) is 0 Å². The van der Waals surface area contributed by atoms with E-state index in [9.17, 15) is 0 Å². The van der Waals surface area contributed by atoms with E-state index in [1.54, 1.807) is 12.7 Å². The van der Waals surface area contributed by atoms with Gasteiger partial charge in [-0.25, -0.2) is 0 Å². The molecular formula is C16H23NO2. The van der Waals surface area contributed by atoms with Crippen LogP contribution in [0.4, 0.5) is 0 Å². The zero-order valence-corrected chi connectivity index (χ0v) is 11.7. The van der Waals surface area contributed by atoms with Crippen LogP contribution in [0.1, 0.15) is 25.7 Å². The van der Waals surface area contributed by atoms with Gasteiger partial charge in [0.05, 0.1) is 7.11 Å². The third kappa shape index (κ3) is 4.60. The van der Waals surface area contributed by atoms with Crippen molar-refractivity contribution in [3.63, 3.8) is 0 Å². The van der Waals surface area contributed by atoms with E-state index in [2.05, 4.69) is 11.4 Å². The molecule has 1 aliphatic carbocycles. The number of hydrogen-bond acceptors (Lipinski definition) is 3. The Morgan fingerprint density at radius 1 is 1.16 bits per heavy atom. The summed E-state index contributed by atoms with van der Waals surface area (Å²) in [6.07, 6.45) is 7.46. The van der Waals surface area contributed by atoms with Crippen LogP contribution >= 0.6 is 0 Å². The highest BCUT2D eigenvalue weighted by Gasteiger charge is 2.04. The maximum Gasteiger partial charge on any atom is 0.161 e. The van der Waals surface area contributed by atoms with Crippen molar-refractivity contribution in [2.45, 2.75) is 25.7 Å². The molecule has 0 saturated heterocycles. The lowest BCUT2D eigenvalue weighted by atomic mass is 10.2. The molecule has 0 aliphatic heterocycles. The Balaban J connectivity index is 1.58. The molecule has 19 heavy (non-hydrogen) atoms. The Hall–Kier alpha value is -1.48. The van der Waals surface area contributed by atoms with Gasteiger partial charge in [-0.2, -0.15) is 0 Å². The summed E-state index contributed by atoms with van der Waals surface area (Å²) in [5.41, 5.74) is 1.61. The molecule has 1 aromatic carbocycles. The van der Waals surface area contributed by atoms with Crippen molar-refractivity contribution in [3.05, 3.63) is 35.9 Å². The Morgan fingerprint density at radius 3 is 2.74 bits per heavy atom. The number of hydrogen-bond donors (Lipinski definition) is 1. The molecule has 0 amide bonds. The van der Waals surface area contributed by atoms with Crippen LogP contribution in [0.3, 0.4) is 0 Å². The molecule has 0 bridgehead atoms. The van der Waals surface area contributed by atoms with E-state index < -0.39 is 0 Å². The van der Waals surface area contributed by atoms with Gasteiger partial charge >= 0.3 is 0 Å². The van der Waals surface area contributed by atoms with E-state index in [4.69, 9.17) is 9.47 Å². The summed E-state index contributed by atoms with van der Waals surface area (Å²) in [6.45, 7) is 2.58. The molecule has 0 fully saturated rings. The van der Waals surface area contributed by atoms with Gasteiger partial charge in [-0.15, -0.1) is 0 Å². The van der Waals surface area contributed by atoms with Crippen LogP contribution in [0.2, 0.25) is 0 Å². The first-order valence-corrected chi connectivity index (χ1v) is 7.04. The van der Waals surface area contributed by atoms with Gasteiger partial charge in [-0.05, 0) is 44.4 Å². The summed E-state index contributed by atoms with van der Waals surface area (Å²) in [4.78, 5) is 0. The molecule has 0 unspecified atom stereocenters. The first-order valence-electron chi connectivity index (χ1n) is 7.04. The van der Waals surface area contributed by atoms with Crippen LogP contribution in [0.25, 0.3) is 0 Å². The third-order valence-corrected chi connectivity index (χ3v) is 3.36. The minimum atomic E-state index is 0.666. The highest BCUT2D eigenvalue weighted by molar-refractivity contribution is 5.39. The molecule has 1 N–H and O–H groups in total. The maximum atomic E-state index is 5.70. The van der Waals surface area contributed by atoms with Crippen LogP contribution < -0.4 is 14.8 Å². The molecule has 0 radical (unpaired) electrons. The Morgan fingerprint density at radius 2 is 2.00 bits per heavy atom. The molecule has 1 aromatic rings. The van der Waals surface area contributed by atoms with E-state index in [0.717, 1.165) is 24.6 Å². The molecule has 3 heteroatoms. The van der Waals surface area contributed by atoms with Gasteiger partial charge in [0, 0.05) is 6.54 Å². The van der Waals surface area contributed by atoms with Gasteiger partial charge < -0.3 is 14.8 Å². The highest BCUT2D eigenvalue weighted by atomic mass is 16.5. The molecule has 3 nitrogen and oxygen atoms in total. The van der Waals surface area contributed by atoms with Crippen LogP contribution in [-0.4, -0.2) is 26.8 Å². The first-order chi connectivity index (χ1) is 9.40. The summed E-state index contributed by atoms with van der Waals surface area (Å²) in [5, 5.41) is 3.41. The largest absolute Gasteiger partial charge is 0.493 e. The molecule has 0 aromatic heterocycles. The number of methoxy groups -OCH3 is 1. The van der Waals surface area contributed by atoms with Gasteiger partial charge in [0.1, 0.15) is 6.61 Å². The van der Waals surface area contributed by atoms with Crippen LogP contribution in [0, 0.1) is 0 Å². The second-order valence-corrected chi connectivity index (χ2v) is 4.75. The summed E-state index contributed by atoms with van der Waals surface area (Å²) < 4.78 is 10.9. The minimum absolute atomic E-state index is 0.666. The molecule has 0 atom stereocenters. The van der Waals surface area contributed by atoms with Crippen molar-refractivity contribution in [1.29, 1.82) is 0 Å². The SMILES string of the molecule is COc1ccccc1OCCNCCC1=CCCC1. The van der Waals surface area contributed by atoms with Gasteiger partial charge in [0.2, 0.25) is 0 Å². The predicted octanol–water partition coefficient (Wildman–Crippen LogP) is 3.16. The third-order valence-electron chi connectivity index (χ3n) is 3.36. The lowest BCUT2D eigenvalue weighted by Gasteiger charge is -2.10. The molecule has 1 aliphatic rings. The van der Waals surface area contributed by atoms with Gasteiger partial charge in [-0.3, -0.25) is 0 Å². The fraction of sp³-hybridized carbons (Fsp3) is 0.500. The first kappa shape index (κ1) is 13.9. The molecule has 104 valence electrons. The smallest absolute Gasteiger partial charge is 0.161 e. The zero-order chi connectivity index (χ0) is 13.3. The number of allylic oxidation sites excluding steroid dienone is 1. The molecule has 0 spiro atoms. The number of rotatable bonds is 8. The van der Waals surface area contributed by atoms with Crippen molar-refractivity contribution in [2.24, 2.45) is 0 Å². The zero-order valence-electron chi connectivity index (χ0n) is 11.7. The highest BCUT2D eigenvalue weighted by Crippen LogP contribution is 2.25. The van der Waals surface area contributed by atoms with E-state index >= 15 is 0 Å². The number of benzene rings is 1. The quantitative estimate of drug-likeness (QED) is 0.576. The lowest BCUT2D eigenvalue weighted by molar-refractivity contribution is 0.292. The molecular weight excluding hydrogens is 238 g/mol. The van der Waals surface area contributed by atoms with Gasteiger partial charge in [0.25, 0.3) is 0 Å². The summed E-state index contributed by atoms with van der Waals surface area (Å²) >= 11 is 0. The topological polar surface area (TPSA) is 30.5 Å². The number of para-hydroxylation sites is 2. The van der Waals surface area contributed by atoms with E-state index in [1.807, 2.05) is 24.3 Å². The van der Waals surface area contributed by atoms with Crippen LogP contribution in [0.15, 0.2) is 35.9 Å². The van der Waals surface area contributed by atoms with Gasteiger partial charge in [-0.1, -0.05) is 23.8 Å². The van der Waals surface area contributed by atoms with Gasteiger partial charge in [0.15, 0.2) is 11.5 Å². The van der Waals surface area contributed by atoms with Crippen LogP contribution in [0.5, 0.6) is 11.5 Å². The fourth-order valence-corrected chi connectivity index (χ4v) is 2.31. The average Bonchev–Trinajstić information content (AvgIpc) is 2.96. The second kappa shape index (κ2) is 7.85. The molecule has 0 saturated carbocycles. The second-order valence-electron chi connectivity index (χ2n) is 4.75. The minimum Gasteiger partial charge on any atom is -0.493 e. The monoisotopic (exact) mass is 261 g/mol. The fourth-order valence-electron chi connectivity index (χ4n) is 2.31. The summed E-state index contributed by atoms with van der Waals surface area (Å²) in [7, 11) is 1.66. The average molecular weight is 261 g/mol. The Bertz CT molecular complexity index is 415. The Labute approximate surface area is 115 Å². The molecule has 2 rings (SSSR count). The van der Waals surface area contributed by atoms with Crippen molar-refractivity contribution in [1.82, 2.24) is 5.32 Å². The maximum absolute atomic E-state index is 5.70.